The van der Waals surface area contributed by atoms with Crippen LogP contribution in [-0.4, -0.2) is 16.2 Å². The molecule has 0 unspecified atom stereocenters. The van der Waals surface area contributed by atoms with Gasteiger partial charge in [0.25, 0.3) is 0 Å². The molecule has 0 radical (unpaired) electrons. The number of nitrogens with zero attached hydrogens (tertiary/aromatic N) is 1. The molecule has 1 rings (SSSR count). The van der Waals surface area contributed by atoms with Gasteiger partial charge in [0.15, 0.2) is 5.75 Å². The number of carbonyl (C=O) groups is 1. The summed E-state index contributed by atoms with van der Waals surface area (Å²) in [7, 11) is 0. The quantitative estimate of drug-likeness (QED) is 0.686. The maximum Gasteiger partial charge on any atom is 0.511 e. The van der Waals surface area contributed by atoms with Crippen LogP contribution in [0, 0.1) is 0 Å². The van der Waals surface area contributed by atoms with Crippen LogP contribution in [0.1, 0.15) is 5.69 Å². The highest BCUT2D eigenvalue weighted by Crippen LogP contribution is 2.09. The van der Waals surface area contributed by atoms with E-state index in [0.717, 1.165) is 6.20 Å². The van der Waals surface area contributed by atoms with E-state index in [1.165, 1.54) is 12.1 Å². The zero-order chi connectivity index (χ0) is 8.97. The summed E-state index contributed by atoms with van der Waals surface area (Å²) in [5.74, 6) is 0.0831. The molecule has 1 heterocycles. The van der Waals surface area contributed by atoms with Crippen molar-refractivity contribution >= 4 is 6.16 Å². The lowest BCUT2D eigenvalue weighted by Crippen LogP contribution is -2.03. The Morgan fingerprint density at radius 3 is 2.83 bits per heavy atom. The second-order valence-corrected chi connectivity index (χ2v) is 1.99. The first-order chi connectivity index (χ1) is 5.72. The van der Waals surface area contributed by atoms with Crippen molar-refractivity contribution < 1.29 is 19.0 Å². The van der Waals surface area contributed by atoms with Crippen molar-refractivity contribution in [3.63, 3.8) is 0 Å². The van der Waals surface area contributed by atoms with Gasteiger partial charge in [0.1, 0.15) is 6.67 Å². The minimum atomic E-state index is -1.41. The number of ether oxygens (including phenoxy) is 1. The predicted octanol–water partition coefficient (Wildman–Crippen LogP) is 1.61. The molecule has 0 aliphatic heterocycles. The highest BCUT2D eigenvalue weighted by atomic mass is 19.1. The summed E-state index contributed by atoms with van der Waals surface area (Å²) in [6.45, 7) is -0.673. The first-order valence-corrected chi connectivity index (χ1v) is 3.14. The number of halogens is 1. The smallest absolute Gasteiger partial charge is 0.449 e. The van der Waals surface area contributed by atoms with Crippen molar-refractivity contribution in [2.24, 2.45) is 0 Å². The molecule has 0 bridgehead atoms. The summed E-state index contributed by atoms with van der Waals surface area (Å²) in [6, 6.07) is 2.70. The Hall–Kier alpha value is -1.65. The normalized spacial score (nSPS) is 9.42. The number of pyridine rings is 1. The number of aromatic nitrogens is 1. The van der Waals surface area contributed by atoms with E-state index in [9.17, 15) is 9.18 Å². The van der Waals surface area contributed by atoms with Gasteiger partial charge in [0.2, 0.25) is 0 Å². The van der Waals surface area contributed by atoms with Crippen molar-refractivity contribution in [2.45, 2.75) is 6.67 Å². The van der Waals surface area contributed by atoms with E-state index >= 15 is 0 Å². The highest BCUT2D eigenvalue weighted by molar-refractivity contribution is 5.60. The molecule has 5 heteroatoms. The van der Waals surface area contributed by atoms with Crippen molar-refractivity contribution in [3.05, 3.63) is 24.0 Å². The Morgan fingerprint density at radius 1 is 1.67 bits per heavy atom. The van der Waals surface area contributed by atoms with Gasteiger partial charge in [-0.3, -0.25) is 4.98 Å². The molecule has 12 heavy (non-hydrogen) atoms. The van der Waals surface area contributed by atoms with E-state index in [2.05, 4.69) is 9.72 Å². The maximum absolute atomic E-state index is 11.9. The van der Waals surface area contributed by atoms with Crippen LogP contribution in [0.15, 0.2) is 18.3 Å². The minimum Gasteiger partial charge on any atom is -0.449 e. The summed E-state index contributed by atoms with van der Waals surface area (Å²) >= 11 is 0. The van der Waals surface area contributed by atoms with Crippen molar-refractivity contribution in [1.82, 2.24) is 4.98 Å². The lowest BCUT2D eigenvalue weighted by molar-refractivity contribution is 0.144. The minimum absolute atomic E-state index is 0.0831. The topological polar surface area (TPSA) is 59.4 Å². The highest BCUT2D eigenvalue weighted by Gasteiger charge is 2.00. The van der Waals surface area contributed by atoms with Gasteiger partial charge in [-0.2, -0.15) is 0 Å². The summed E-state index contributed by atoms with van der Waals surface area (Å²) in [5, 5.41) is 8.17. The molecular weight excluding hydrogens is 165 g/mol. The Labute approximate surface area is 67.6 Å². The van der Waals surface area contributed by atoms with Gasteiger partial charge in [-0.1, -0.05) is 0 Å². The van der Waals surface area contributed by atoms with E-state index in [-0.39, 0.29) is 11.4 Å². The van der Waals surface area contributed by atoms with E-state index in [1.807, 2.05) is 0 Å². The fourth-order valence-electron chi connectivity index (χ4n) is 0.651. The van der Waals surface area contributed by atoms with Crippen LogP contribution >= 0.6 is 0 Å². The first kappa shape index (κ1) is 8.45. The average molecular weight is 171 g/mol. The largest absolute Gasteiger partial charge is 0.511 e. The fraction of sp³-hybridized carbons (Fsp3) is 0.143. The molecule has 4 nitrogen and oxygen atoms in total. The predicted molar refractivity (Wildman–Crippen MR) is 37.7 cm³/mol. The van der Waals surface area contributed by atoms with Gasteiger partial charge >= 0.3 is 6.16 Å². The van der Waals surface area contributed by atoms with E-state index in [4.69, 9.17) is 5.11 Å². The zero-order valence-corrected chi connectivity index (χ0v) is 6.03. The van der Waals surface area contributed by atoms with Crippen LogP contribution in [0.4, 0.5) is 9.18 Å². The summed E-state index contributed by atoms with van der Waals surface area (Å²) in [5.41, 5.74) is 0.243. The Bertz CT molecular complexity index is 272. The molecule has 0 aliphatic rings. The fourth-order valence-corrected chi connectivity index (χ4v) is 0.651. The second kappa shape index (κ2) is 3.66. The zero-order valence-electron chi connectivity index (χ0n) is 6.03. The van der Waals surface area contributed by atoms with E-state index in [0.29, 0.717) is 0 Å². The Kier molecular flexibility index (Phi) is 2.57. The Balaban J connectivity index is 2.71. The lowest BCUT2D eigenvalue weighted by atomic mass is 10.4. The molecule has 64 valence electrons. The molecule has 0 saturated heterocycles. The van der Waals surface area contributed by atoms with Crippen molar-refractivity contribution in [2.75, 3.05) is 0 Å². The van der Waals surface area contributed by atoms with Crippen LogP contribution < -0.4 is 4.74 Å². The third-order valence-corrected chi connectivity index (χ3v) is 1.14. The summed E-state index contributed by atoms with van der Waals surface area (Å²) in [6.07, 6.45) is -0.256. The van der Waals surface area contributed by atoms with Crippen molar-refractivity contribution in [3.8, 4) is 5.75 Å². The monoisotopic (exact) mass is 171 g/mol. The molecule has 0 aliphatic carbocycles. The van der Waals surface area contributed by atoms with Crippen molar-refractivity contribution in [1.29, 1.82) is 0 Å². The third kappa shape index (κ3) is 2.19. The van der Waals surface area contributed by atoms with Gasteiger partial charge in [0.05, 0.1) is 11.9 Å². The van der Waals surface area contributed by atoms with E-state index < -0.39 is 12.8 Å². The second-order valence-electron chi connectivity index (χ2n) is 1.99. The molecule has 0 amide bonds. The van der Waals surface area contributed by atoms with Crippen LogP contribution in [0.3, 0.4) is 0 Å². The van der Waals surface area contributed by atoms with E-state index in [1.54, 1.807) is 0 Å². The van der Waals surface area contributed by atoms with Crippen LogP contribution in [0.25, 0.3) is 0 Å². The molecule has 1 aromatic heterocycles. The average Bonchev–Trinajstić information content (AvgIpc) is 2.05. The van der Waals surface area contributed by atoms with Crippen LogP contribution in [-0.2, 0) is 6.67 Å². The summed E-state index contributed by atoms with van der Waals surface area (Å²) in [4.78, 5) is 13.6. The lowest BCUT2D eigenvalue weighted by Gasteiger charge is -1.98. The molecule has 0 saturated carbocycles. The maximum atomic E-state index is 11.9. The number of hydrogen-bond acceptors (Lipinski definition) is 3. The van der Waals surface area contributed by atoms with Gasteiger partial charge in [-0.15, -0.1) is 0 Å². The molecule has 1 N–H and O–H groups in total. The number of carboxylic acid groups (broad SMARTS) is 1. The summed E-state index contributed by atoms with van der Waals surface area (Å²) < 4.78 is 16.1. The molecule has 1 aromatic rings. The number of alkyl halides is 1. The van der Waals surface area contributed by atoms with Gasteiger partial charge < -0.3 is 9.84 Å². The number of rotatable bonds is 2. The van der Waals surface area contributed by atoms with Gasteiger partial charge in [0, 0.05) is 0 Å². The van der Waals surface area contributed by atoms with Gasteiger partial charge in [-0.25, -0.2) is 9.18 Å². The standard InChI is InChI=1S/C7H6FNO3/c8-3-5-1-2-6(4-9-5)12-7(10)11/h1-2,4H,3H2,(H,10,11). The van der Waals surface area contributed by atoms with Crippen LogP contribution in [0.2, 0.25) is 0 Å². The molecule has 0 aromatic carbocycles. The van der Waals surface area contributed by atoms with Crippen LogP contribution in [0.5, 0.6) is 5.75 Å². The molecule has 0 atom stereocenters. The first-order valence-electron chi connectivity index (χ1n) is 3.14. The van der Waals surface area contributed by atoms with Gasteiger partial charge in [-0.05, 0) is 12.1 Å². The molecular formula is C7H6FNO3. The molecule has 0 spiro atoms. The third-order valence-electron chi connectivity index (χ3n) is 1.14. The SMILES string of the molecule is O=C(O)Oc1ccc(CF)nc1. The number of hydrogen-bond donors (Lipinski definition) is 1. The Morgan fingerprint density at radius 2 is 2.42 bits per heavy atom. The molecule has 0 fully saturated rings.